The van der Waals surface area contributed by atoms with Crippen molar-refractivity contribution in [2.24, 2.45) is 11.8 Å². The lowest BCUT2D eigenvalue weighted by Crippen LogP contribution is -2.48. The van der Waals surface area contributed by atoms with E-state index in [-0.39, 0.29) is 13.2 Å². The van der Waals surface area contributed by atoms with Gasteiger partial charge in [0.25, 0.3) is 0 Å². The van der Waals surface area contributed by atoms with Gasteiger partial charge in [0.05, 0.1) is 5.92 Å². The first kappa shape index (κ1) is 14.8. The zero-order valence-electron chi connectivity index (χ0n) is 11.0. The normalized spacial score (nSPS) is 24.8. The number of aliphatic carboxylic acids is 1. The third kappa shape index (κ3) is 3.87. The second-order valence-corrected chi connectivity index (χ2v) is 5.60. The molecule has 0 aromatic rings. The molecule has 104 valence electrons. The number of aliphatic hydroxyl groups is 1. The van der Waals surface area contributed by atoms with Crippen molar-refractivity contribution in [2.45, 2.75) is 32.8 Å². The smallest absolute Gasteiger partial charge is 0.410 e. The van der Waals surface area contributed by atoms with Gasteiger partial charge in [0.2, 0.25) is 0 Å². The first-order valence-electron chi connectivity index (χ1n) is 6.06. The number of carbonyl (C=O) groups excluding carboxylic acids is 1. The molecule has 1 heterocycles. The van der Waals surface area contributed by atoms with Crippen LogP contribution in [0.4, 0.5) is 4.79 Å². The fourth-order valence-corrected chi connectivity index (χ4v) is 2.03. The van der Waals surface area contributed by atoms with Crippen LogP contribution in [-0.2, 0) is 9.53 Å². The van der Waals surface area contributed by atoms with Crippen LogP contribution in [0.3, 0.4) is 0 Å². The van der Waals surface area contributed by atoms with Gasteiger partial charge in [0.15, 0.2) is 0 Å². The van der Waals surface area contributed by atoms with Crippen LogP contribution in [0, 0.1) is 11.8 Å². The molecule has 1 saturated heterocycles. The number of amides is 1. The van der Waals surface area contributed by atoms with E-state index >= 15 is 0 Å². The predicted octanol–water partition coefficient (Wildman–Crippen LogP) is 0.936. The molecule has 0 spiro atoms. The summed E-state index contributed by atoms with van der Waals surface area (Å²) in [4.78, 5) is 24.3. The molecule has 1 fully saturated rings. The molecule has 1 aliphatic rings. The van der Waals surface area contributed by atoms with Crippen molar-refractivity contribution >= 4 is 12.1 Å². The maximum atomic E-state index is 11.8. The second kappa shape index (κ2) is 5.56. The molecule has 0 aromatic carbocycles. The van der Waals surface area contributed by atoms with Crippen molar-refractivity contribution in [3.05, 3.63) is 0 Å². The van der Waals surface area contributed by atoms with E-state index in [1.807, 2.05) is 0 Å². The Hall–Kier alpha value is -1.30. The molecule has 0 saturated carbocycles. The van der Waals surface area contributed by atoms with Gasteiger partial charge in [-0.3, -0.25) is 4.79 Å². The van der Waals surface area contributed by atoms with Crippen LogP contribution in [0.25, 0.3) is 0 Å². The van der Waals surface area contributed by atoms with Gasteiger partial charge in [-0.25, -0.2) is 4.79 Å². The van der Waals surface area contributed by atoms with Crippen LogP contribution in [0.1, 0.15) is 27.2 Å². The number of nitrogens with zero attached hydrogens (tertiary/aromatic N) is 1. The summed E-state index contributed by atoms with van der Waals surface area (Å²) < 4.78 is 5.22. The van der Waals surface area contributed by atoms with Crippen LogP contribution in [0.2, 0.25) is 0 Å². The Labute approximate surface area is 107 Å². The maximum Gasteiger partial charge on any atom is 0.410 e. The molecule has 0 aromatic heterocycles. The van der Waals surface area contributed by atoms with Gasteiger partial charge in [0.1, 0.15) is 5.60 Å². The molecule has 6 heteroatoms. The number of hydrogen-bond donors (Lipinski definition) is 2. The largest absolute Gasteiger partial charge is 0.481 e. The quantitative estimate of drug-likeness (QED) is 0.770. The van der Waals surface area contributed by atoms with Crippen LogP contribution in [-0.4, -0.2) is 52.5 Å². The average Bonchev–Trinajstić information content (AvgIpc) is 2.25. The van der Waals surface area contributed by atoms with Crippen LogP contribution in [0.5, 0.6) is 0 Å². The lowest BCUT2D eigenvalue weighted by Gasteiger charge is -2.36. The van der Waals surface area contributed by atoms with Crippen molar-refractivity contribution in [3.8, 4) is 0 Å². The highest BCUT2D eigenvalue weighted by atomic mass is 16.6. The van der Waals surface area contributed by atoms with Gasteiger partial charge in [-0.2, -0.15) is 0 Å². The Morgan fingerprint density at radius 2 is 2.00 bits per heavy atom. The van der Waals surface area contributed by atoms with E-state index in [0.29, 0.717) is 13.0 Å². The van der Waals surface area contributed by atoms with Gasteiger partial charge in [-0.15, -0.1) is 0 Å². The minimum absolute atomic E-state index is 0.225. The fraction of sp³-hybridized carbons (Fsp3) is 0.833. The molecular formula is C12H21NO5. The standard InChI is InChI=1S/C12H21NO5/c1-12(2,3)18-11(17)13-5-4-9(10(15)16)8(6-13)7-14/h8-9,14H,4-7H2,1-3H3,(H,15,16). The first-order valence-corrected chi connectivity index (χ1v) is 6.06. The SMILES string of the molecule is CC(C)(C)OC(=O)N1CCC(C(=O)O)C(CO)C1. The summed E-state index contributed by atoms with van der Waals surface area (Å²) in [5, 5.41) is 18.2. The molecule has 1 amide bonds. The molecule has 2 atom stereocenters. The molecule has 2 unspecified atom stereocenters. The summed E-state index contributed by atoms with van der Waals surface area (Å²) in [6.45, 7) is 5.66. The van der Waals surface area contributed by atoms with E-state index in [9.17, 15) is 14.7 Å². The molecule has 18 heavy (non-hydrogen) atoms. The molecule has 0 aliphatic carbocycles. The van der Waals surface area contributed by atoms with Crippen molar-refractivity contribution in [3.63, 3.8) is 0 Å². The van der Waals surface area contributed by atoms with E-state index in [1.54, 1.807) is 20.8 Å². The highest BCUT2D eigenvalue weighted by molar-refractivity contribution is 5.72. The summed E-state index contributed by atoms with van der Waals surface area (Å²) in [6, 6.07) is 0. The number of carbonyl (C=O) groups is 2. The predicted molar refractivity (Wildman–Crippen MR) is 64.1 cm³/mol. The number of likely N-dealkylation sites (tertiary alicyclic amines) is 1. The zero-order valence-corrected chi connectivity index (χ0v) is 11.0. The highest BCUT2D eigenvalue weighted by Gasteiger charge is 2.36. The van der Waals surface area contributed by atoms with Gasteiger partial charge >= 0.3 is 12.1 Å². The summed E-state index contributed by atoms with van der Waals surface area (Å²) in [6.07, 6.45) is -0.107. The molecule has 1 aliphatic heterocycles. The Morgan fingerprint density at radius 1 is 1.39 bits per heavy atom. The Balaban J connectivity index is 2.62. The molecule has 0 bridgehead atoms. The monoisotopic (exact) mass is 259 g/mol. The van der Waals surface area contributed by atoms with E-state index in [1.165, 1.54) is 4.90 Å². The van der Waals surface area contributed by atoms with Gasteiger partial charge in [-0.1, -0.05) is 0 Å². The summed E-state index contributed by atoms with van der Waals surface area (Å²) in [7, 11) is 0. The van der Waals surface area contributed by atoms with E-state index in [2.05, 4.69) is 0 Å². The van der Waals surface area contributed by atoms with Crippen LogP contribution in [0.15, 0.2) is 0 Å². The summed E-state index contributed by atoms with van der Waals surface area (Å²) >= 11 is 0. The van der Waals surface area contributed by atoms with Crippen molar-refractivity contribution in [1.82, 2.24) is 4.90 Å². The Morgan fingerprint density at radius 3 is 2.44 bits per heavy atom. The highest BCUT2D eigenvalue weighted by Crippen LogP contribution is 2.25. The van der Waals surface area contributed by atoms with Gasteiger partial charge in [-0.05, 0) is 27.2 Å². The maximum absolute atomic E-state index is 11.8. The number of carboxylic acid groups (broad SMARTS) is 1. The summed E-state index contributed by atoms with van der Waals surface area (Å²) in [5.41, 5.74) is -0.574. The van der Waals surface area contributed by atoms with E-state index < -0.39 is 29.5 Å². The lowest BCUT2D eigenvalue weighted by molar-refractivity contribution is -0.146. The van der Waals surface area contributed by atoms with Crippen LogP contribution < -0.4 is 0 Å². The molecule has 1 rings (SSSR count). The first-order chi connectivity index (χ1) is 8.24. The topological polar surface area (TPSA) is 87.1 Å². The lowest BCUT2D eigenvalue weighted by atomic mass is 9.86. The molecule has 2 N–H and O–H groups in total. The molecule has 6 nitrogen and oxygen atoms in total. The number of rotatable bonds is 2. The number of hydrogen-bond acceptors (Lipinski definition) is 4. The minimum atomic E-state index is -0.919. The third-order valence-corrected chi connectivity index (χ3v) is 2.94. The van der Waals surface area contributed by atoms with Gasteiger partial charge in [0, 0.05) is 25.6 Å². The van der Waals surface area contributed by atoms with Crippen molar-refractivity contribution in [1.29, 1.82) is 0 Å². The fourth-order valence-electron chi connectivity index (χ4n) is 2.03. The van der Waals surface area contributed by atoms with Crippen molar-refractivity contribution in [2.75, 3.05) is 19.7 Å². The number of carboxylic acids is 1. The minimum Gasteiger partial charge on any atom is -0.481 e. The summed E-state index contributed by atoms with van der Waals surface area (Å²) in [5.74, 6) is -1.93. The third-order valence-electron chi connectivity index (χ3n) is 2.94. The Kier molecular flexibility index (Phi) is 4.56. The number of piperidine rings is 1. The molecular weight excluding hydrogens is 238 g/mol. The number of aliphatic hydroxyl groups excluding tert-OH is 1. The zero-order chi connectivity index (χ0) is 13.9. The molecule has 0 radical (unpaired) electrons. The van der Waals surface area contributed by atoms with Crippen LogP contribution >= 0.6 is 0 Å². The average molecular weight is 259 g/mol. The van der Waals surface area contributed by atoms with Gasteiger partial charge < -0.3 is 19.8 Å². The Bertz CT molecular complexity index is 323. The van der Waals surface area contributed by atoms with Crippen molar-refractivity contribution < 1.29 is 24.5 Å². The second-order valence-electron chi connectivity index (χ2n) is 5.60. The van der Waals surface area contributed by atoms with E-state index in [0.717, 1.165) is 0 Å². The van der Waals surface area contributed by atoms with E-state index in [4.69, 9.17) is 9.84 Å². The number of ether oxygens (including phenoxy) is 1.